The number of hydrogen-bond acceptors (Lipinski definition) is 2. The van der Waals surface area contributed by atoms with Gasteiger partial charge in [-0.05, 0) is 18.0 Å². The van der Waals surface area contributed by atoms with Crippen LogP contribution in [0.15, 0.2) is 0 Å². The topological polar surface area (TPSA) is 94.8 Å². The number of halogens is 1. The van der Waals surface area contributed by atoms with Crippen LogP contribution in [0.3, 0.4) is 0 Å². The van der Waals surface area contributed by atoms with Crippen molar-refractivity contribution < 1.29 is 24.0 Å². The molecular formula is C18H38ClO5P. The minimum atomic E-state index is -4.64. The number of carbonyl (C=O) groups is 1. The van der Waals surface area contributed by atoms with Crippen molar-refractivity contribution in [2.75, 3.05) is 0 Å². The second kappa shape index (κ2) is 20.4. The van der Waals surface area contributed by atoms with E-state index in [1.165, 1.54) is 83.5 Å². The van der Waals surface area contributed by atoms with E-state index in [2.05, 4.69) is 6.92 Å². The van der Waals surface area contributed by atoms with Gasteiger partial charge in [0.05, 0.1) is 0 Å². The van der Waals surface area contributed by atoms with Gasteiger partial charge >= 0.3 is 7.82 Å². The average Bonchev–Trinajstić information content (AvgIpc) is 2.49. The van der Waals surface area contributed by atoms with E-state index < -0.39 is 7.82 Å². The number of carbonyl (C=O) groups excluding carboxylic acids is 1. The highest BCUT2D eigenvalue weighted by molar-refractivity contribution is 7.45. The molecule has 0 atom stereocenters. The Labute approximate surface area is 158 Å². The molecule has 3 N–H and O–H groups in total. The van der Waals surface area contributed by atoms with E-state index in [1.54, 1.807) is 0 Å². The smallest absolute Gasteiger partial charge is 0.303 e. The Hall–Kier alpha value is 0.0700. The fourth-order valence-corrected chi connectivity index (χ4v) is 2.77. The third-order valence-electron chi connectivity index (χ3n) is 3.98. The van der Waals surface area contributed by atoms with Crippen LogP contribution in [0.25, 0.3) is 0 Å². The molecule has 0 fully saturated rings. The van der Waals surface area contributed by atoms with E-state index in [9.17, 15) is 4.79 Å². The van der Waals surface area contributed by atoms with E-state index in [1.807, 2.05) is 0 Å². The molecule has 0 aliphatic carbocycles. The van der Waals surface area contributed by atoms with Gasteiger partial charge in [0.25, 0.3) is 0 Å². The Morgan fingerprint density at radius 2 is 0.920 bits per heavy atom. The maximum Gasteiger partial charge on any atom is 0.466 e. The number of phosphoric acid groups is 1. The van der Waals surface area contributed by atoms with Crippen molar-refractivity contribution in [2.24, 2.45) is 0 Å². The van der Waals surface area contributed by atoms with E-state index in [4.69, 9.17) is 30.8 Å². The Balaban J connectivity index is 0. The molecule has 0 unspecified atom stereocenters. The molecule has 0 aromatic carbocycles. The van der Waals surface area contributed by atoms with Gasteiger partial charge in [-0.25, -0.2) is 4.57 Å². The van der Waals surface area contributed by atoms with Crippen molar-refractivity contribution >= 4 is 24.7 Å². The van der Waals surface area contributed by atoms with Crippen LogP contribution in [-0.2, 0) is 9.36 Å². The van der Waals surface area contributed by atoms with E-state index in [-0.39, 0.29) is 5.24 Å². The number of hydrogen-bond donors (Lipinski definition) is 3. The summed E-state index contributed by atoms with van der Waals surface area (Å²) in [7, 11) is -4.64. The van der Waals surface area contributed by atoms with Crippen molar-refractivity contribution in [2.45, 2.75) is 110 Å². The normalized spacial score (nSPS) is 11.1. The van der Waals surface area contributed by atoms with E-state index >= 15 is 0 Å². The molecule has 0 bridgehead atoms. The lowest BCUT2D eigenvalue weighted by atomic mass is 10.0. The summed E-state index contributed by atoms with van der Waals surface area (Å²) in [5, 5.41) is -0.181. The van der Waals surface area contributed by atoms with Crippen LogP contribution >= 0.6 is 19.4 Å². The molecule has 152 valence electrons. The lowest BCUT2D eigenvalue weighted by molar-refractivity contribution is -0.111. The van der Waals surface area contributed by atoms with Crippen LogP contribution in [0.4, 0.5) is 0 Å². The Morgan fingerprint density at radius 1 is 0.680 bits per heavy atom. The first kappa shape index (κ1) is 27.3. The average molecular weight is 401 g/mol. The zero-order valence-electron chi connectivity index (χ0n) is 15.8. The van der Waals surface area contributed by atoms with Gasteiger partial charge in [-0.3, -0.25) is 4.79 Å². The summed E-state index contributed by atoms with van der Waals surface area (Å²) >= 11 is 5.30. The Morgan fingerprint density at radius 3 is 1.16 bits per heavy atom. The van der Waals surface area contributed by atoms with Gasteiger partial charge in [0.15, 0.2) is 0 Å². The Kier molecular flexibility index (Phi) is 22.3. The minimum absolute atomic E-state index is 0.181. The highest BCUT2D eigenvalue weighted by Gasteiger charge is 2.00. The molecule has 0 heterocycles. The third kappa shape index (κ3) is 40.2. The van der Waals surface area contributed by atoms with Crippen LogP contribution in [0, 0.1) is 0 Å². The summed E-state index contributed by atoms with van der Waals surface area (Å²) in [5.74, 6) is 0. The van der Waals surface area contributed by atoms with Gasteiger partial charge in [-0.2, -0.15) is 0 Å². The van der Waals surface area contributed by atoms with Crippen molar-refractivity contribution in [1.82, 2.24) is 0 Å². The second-order valence-corrected chi connectivity index (χ2v) is 8.02. The summed E-state index contributed by atoms with van der Waals surface area (Å²) in [4.78, 5) is 32.1. The first-order valence-electron chi connectivity index (χ1n) is 9.74. The monoisotopic (exact) mass is 400 g/mol. The fraction of sp³-hybridized carbons (Fsp3) is 0.944. The predicted octanol–water partition coefficient (Wildman–Crippen LogP) is 6.08. The summed E-state index contributed by atoms with van der Waals surface area (Å²) in [6.45, 7) is 2.28. The fourth-order valence-electron chi connectivity index (χ4n) is 2.64. The quantitative estimate of drug-likeness (QED) is 0.166. The molecule has 0 amide bonds. The van der Waals surface area contributed by atoms with Crippen LogP contribution in [0.1, 0.15) is 110 Å². The van der Waals surface area contributed by atoms with Gasteiger partial charge in [0.2, 0.25) is 5.24 Å². The molecule has 0 aromatic rings. The largest absolute Gasteiger partial charge is 0.466 e. The second-order valence-electron chi connectivity index (χ2n) is 6.57. The zero-order valence-corrected chi connectivity index (χ0v) is 17.4. The molecule has 5 nitrogen and oxygen atoms in total. The van der Waals surface area contributed by atoms with Gasteiger partial charge < -0.3 is 14.7 Å². The summed E-state index contributed by atoms with van der Waals surface area (Å²) in [5.41, 5.74) is 0. The van der Waals surface area contributed by atoms with Crippen LogP contribution in [0.5, 0.6) is 0 Å². The molecule has 25 heavy (non-hydrogen) atoms. The maximum atomic E-state index is 10.5. The molecule has 0 radical (unpaired) electrons. The highest BCUT2D eigenvalue weighted by atomic mass is 35.5. The van der Waals surface area contributed by atoms with Crippen molar-refractivity contribution in [1.29, 1.82) is 0 Å². The predicted molar refractivity (Wildman–Crippen MR) is 105 cm³/mol. The summed E-state index contributed by atoms with van der Waals surface area (Å²) in [6.07, 6.45) is 20.8. The number of unbranched alkanes of at least 4 members (excludes halogenated alkanes) is 14. The molecular weight excluding hydrogens is 363 g/mol. The molecule has 0 aliphatic rings. The Bertz CT molecular complexity index is 325. The van der Waals surface area contributed by atoms with Crippen LogP contribution < -0.4 is 0 Å². The first-order chi connectivity index (χ1) is 11.8. The van der Waals surface area contributed by atoms with Gasteiger partial charge in [0.1, 0.15) is 0 Å². The first-order valence-corrected chi connectivity index (χ1v) is 11.7. The van der Waals surface area contributed by atoms with Crippen molar-refractivity contribution in [3.05, 3.63) is 0 Å². The minimum Gasteiger partial charge on any atom is -0.303 e. The summed E-state index contributed by atoms with van der Waals surface area (Å²) in [6, 6.07) is 0. The molecule has 0 rings (SSSR count). The highest BCUT2D eigenvalue weighted by Crippen LogP contribution is 2.25. The molecule has 0 aromatic heterocycles. The van der Waals surface area contributed by atoms with E-state index in [0.29, 0.717) is 6.42 Å². The maximum absolute atomic E-state index is 10.5. The van der Waals surface area contributed by atoms with Crippen molar-refractivity contribution in [3.63, 3.8) is 0 Å². The lowest BCUT2D eigenvalue weighted by Gasteiger charge is -2.03. The van der Waals surface area contributed by atoms with Crippen LogP contribution in [0.2, 0.25) is 0 Å². The number of rotatable bonds is 16. The van der Waals surface area contributed by atoms with E-state index in [0.717, 1.165) is 12.8 Å². The van der Waals surface area contributed by atoms with Gasteiger partial charge in [0, 0.05) is 6.42 Å². The standard InChI is InChI=1S/C18H35ClO.H3O4P/c1-2-3-4-5-6-7-8-9-10-11-12-13-14-15-16-17-18(19)20;1-5(2,3)4/h2-17H2,1H3;(H3,1,2,3,4). The SMILES string of the molecule is CCCCCCCCCCCCCCCCCC(=O)Cl.O=P(O)(O)O. The van der Waals surface area contributed by atoms with Gasteiger partial charge in [-0.15, -0.1) is 0 Å². The van der Waals surface area contributed by atoms with Gasteiger partial charge in [-0.1, -0.05) is 96.8 Å². The van der Waals surface area contributed by atoms with Crippen molar-refractivity contribution in [3.8, 4) is 0 Å². The summed E-state index contributed by atoms with van der Waals surface area (Å²) < 4.78 is 8.88. The molecule has 7 heteroatoms. The lowest BCUT2D eigenvalue weighted by Crippen LogP contribution is -1.86. The molecule has 0 spiro atoms. The molecule has 0 saturated heterocycles. The third-order valence-corrected chi connectivity index (χ3v) is 4.17. The zero-order chi connectivity index (χ0) is 19.4. The van der Waals surface area contributed by atoms with Crippen LogP contribution in [-0.4, -0.2) is 19.9 Å². The molecule has 0 saturated carbocycles. The molecule has 0 aliphatic heterocycles.